The highest BCUT2D eigenvalue weighted by molar-refractivity contribution is 6.30. The van der Waals surface area contributed by atoms with E-state index in [-0.39, 0.29) is 6.03 Å². The predicted octanol–water partition coefficient (Wildman–Crippen LogP) is 3.62. The monoisotopic (exact) mass is 331 g/mol. The number of para-hydroxylation sites is 1. The number of halogens is 1. The quantitative estimate of drug-likeness (QED) is 0.877. The van der Waals surface area contributed by atoms with E-state index in [0.717, 1.165) is 17.8 Å². The molecule has 0 fully saturated rings. The number of nitrogens with one attached hydrogen (secondary N) is 1. The molecule has 0 aliphatic heterocycles. The Hall–Kier alpha value is -2.20. The summed E-state index contributed by atoms with van der Waals surface area (Å²) >= 11 is 5.86. The number of anilines is 1. The van der Waals surface area contributed by atoms with Gasteiger partial charge in [-0.25, -0.2) is 4.79 Å². The molecule has 2 aromatic rings. The molecule has 0 unspecified atom stereocenters. The van der Waals surface area contributed by atoms with Crippen LogP contribution in [-0.4, -0.2) is 38.1 Å². The average Bonchev–Trinajstić information content (AvgIpc) is 2.57. The van der Waals surface area contributed by atoms with Crippen molar-refractivity contribution in [2.75, 3.05) is 32.1 Å². The van der Waals surface area contributed by atoms with Crippen molar-refractivity contribution >= 4 is 23.3 Å². The fourth-order valence-corrected chi connectivity index (χ4v) is 2.34. The smallest absolute Gasteiger partial charge is 0.317 e. The highest BCUT2D eigenvalue weighted by Gasteiger charge is 2.09. The van der Waals surface area contributed by atoms with E-state index in [1.54, 1.807) is 11.9 Å². The molecule has 0 saturated heterocycles. The third kappa shape index (κ3) is 5.49. The van der Waals surface area contributed by atoms with E-state index >= 15 is 0 Å². The molecule has 5 heteroatoms. The third-order valence-corrected chi connectivity index (χ3v) is 3.85. The Morgan fingerprint density at radius 1 is 1.04 bits per heavy atom. The van der Waals surface area contributed by atoms with Gasteiger partial charge in [0.15, 0.2) is 0 Å². The summed E-state index contributed by atoms with van der Waals surface area (Å²) in [6.45, 7) is 1.90. The van der Waals surface area contributed by atoms with Crippen LogP contribution in [0.2, 0.25) is 5.02 Å². The number of carbonyl (C=O) groups excluding carboxylic acids is 1. The Kier molecular flexibility index (Phi) is 6.29. The molecule has 0 heterocycles. The van der Waals surface area contributed by atoms with Gasteiger partial charge in [0, 0.05) is 44.4 Å². The van der Waals surface area contributed by atoms with Crippen LogP contribution in [0.25, 0.3) is 0 Å². The van der Waals surface area contributed by atoms with E-state index in [1.807, 2.05) is 49.5 Å². The first kappa shape index (κ1) is 17.2. The van der Waals surface area contributed by atoms with E-state index in [1.165, 1.54) is 0 Å². The minimum atomic E-state index is -0.0820. The third-order valence-electron chi connectivity index (χ3n) is 3.60. The summed E-state index contributed by atoms with van der Waals surface area (Å²) in [5.74, 6) is 0. The van der Waals surface area contributed by atoms with Gasteiger partial charge in [-0.2, -0.15) is 0 Å². The van der Waals surface area contributed by atoms with Crippen molar-refractivity contribution in [2.24, 2.45) is 0 Å². The number of carbonyl (C=O) groups is 1. The average molecular weight is 332 g/mol. The maximum absolute atomic E-state index is 12.1. The number of urea groups is 1. The highest BCUT2D eigenvalue weighted by Crippen LogP contribution is 2.11. The van der Waals surface area contributed by atoms with Gasteiger partial charge in [0.25, 0.3) is 0 Å². The number of rotatable bonds is 6. The van der Waals surface area contributed by atoms with Crippen LogP contribution in [-0.2, 0) is 6.54 Å². The summed E-state index contributed by atoms with van der Waals surface area (Å²) in [6.07, 6.45) is 0. The number of hydrogen-bond donors (Lipinski definition) is 1. The van der Waals surface area contributed by atoms with Crippen molar-refractivity contribution in [3.63, 3.8) is 0 Å². The van der Waals surface area contributed by atoms with Gasteiger partial charge in [0.05, 0.1) is 0 Å². The van der Waals surface area contributed by atoms with E-state index in [4.69, 9.17) is 11.6 Å². The topological polar surface area (TPSA) is 35.6 Å². The molecule has 0 spiro atoms. The fourth-order valence-electron chi connectivity index (χ4n) is 2.21. The Morgan fingerprint density at radius 2 is 1.70 bits per heavy atom. The molecule has 4 nitrogen and oxygen atoms in total. The van der Waals surface area contributed by atoms with Gasteiger partial charge in [-0.15, -0.1) is 0 Å². The molecule has 122 valence electrons. The minimum Gasteiger partial charge on any atom is -0.373 e. The van der Waals surface area contributed by atoms with E-state index in [0.29, 0.717) is 18.1 Å². The molecule has 0 aromatic heterocycles. The van der Waals surface area contributed by atoms with Crippen LogP contribution in [0.1, 0.15) is 5.56 Å². The van der Waals surface area contributed by atoms with Crippen molar-refractivity contribution < 1.29 is 4.79 Å². The van der Waals surface area contributed by atoms with Gasteiger partial charge in [0.2, 0.25) is 0 Å². The first-order valence-electron chi connectivity index (χ1n) is 7.56. The second-order valence-electron chi connectivity index (χ2n) is 5.47. The number of amides is 2. The molecule has 0 aliphatic rings. The maximum atomic E-state index is 12.1. The Labute approximate surface area is 142 Å². The molecule has 0 bridgehead atoms. The van der Waals surface area contributed by atoms with Crippen LogP contribution < -0.4 is 10.2 Å². The summed E-state index contributed by atoms with van der Waals surface area (Å²) < 4.78 is 0. The van der Waals surface area contributed by atoms with E-state index in [2.05, 4.69) is 22.3 Å². The lowest BCUT2D eigenvalue weighted by Crippen LogP contribution is -2.40. The van der Waals surface area contributed by atoms with Gasteiger partial charge in [-0.1, -0.05) is 41.9 Å². The lowest BCUT2D eigenvalue weighted by molar-refractivity contribution is 0.207. The standard InChI is InChI=1S/C18H22ClN3O/c1-21(17-6-4-3-5-7-17)13-12-20-18(23)22(2)14-15-8-10-16(19)11-9-15/h3-11H,12-14H2,1-2H3,(H,20,23). The fraction of sp³-hybridized carbons (Fsp3) is 0.278. The largest absolute Gasteiger partial charge is 0.373 e. The van der Waals surface area contributed by atoms with Crippen LogP contribution in [0.5, 0.6) is 0 Å². The summed E-state index contributed by atoms with van der Waals surface area (Å²) in [5, 5.41) is 3.63. The second-order valence-corrected chi connectivity index (χ2v) is 5.91. The zero-order chi connectivity index (χ0) is 16.7. The van der Waals surface area contributed by atoms with Gasteiger partial charge >= 0.3 is 6.03 Å². The van der Waals surface area contributed by atoms with Gasteiger partial charge in [-0.05, 0) is 29.8 Å². The summed E-state index contributed by atoms with van der Waals surface area (Å²) in [7, 11) is 3.80. The van der Waals surface area contributed by atoms with Gasteiger partial charge in [0.1, 0.15) is 0 Å². The highest BCUT2D eigenvalue weighted by atomic mass is 35.5. The van der Waals surface area contributed by atoms with Crippen molar-refractivity contribution in [1.29, 1.82) is 0 Å². The predicted molar refractivity (Wildman–Crippen MR) is 96.0 cm³/mol. The first-order valence-corrected chi connectivity index (χ1v) is 7.93. The summed E-state index contributed by atoms with van der Waals surface area (Å²) in [5.41, 5.74) is 2.18. The first-order chi connectivity index (χ1) is 11.1. The molecule has 1 N–H and O–H groups in total. The number of hydrogen-bond acceptors (Lipinski definition) is 2. The lowest BCUT2D eigenvalue weighted by Gasteiger charge is -2.22. The lowest BCUT2D eigenvalue weighted by atomic mass is 10.2. The number of nitrogens with zero attached hydrogens (tertiary/aromatic N) is 2. The Balaban J connectivity index is 1.74. The molecule has 2 rings (SSSR count). The van der Waals surface area contributed by atoms with Crippen LogP contribution >= 0.6 is 11.6 Å². The normalized spacial score (nSPS) is 10.2. The van der Waals surface area contributed by atoms with Crippen molar-refractivity contribution in [1.82, 2.24) is 10.2 Å². The maximum Gasteiger partial charge on any atom is 0.317 e. The van der Waals surface area contributed by atoms with Crippen molar-refractivity contribution in [2.45, 2.75) is 6.54 Å². The molecular weight excluding hydrogens is 310 g/mol. The van der Waals surface area contributed by atoms with Gasteiger partial charge < -0.3 is 15.1 Å². The van der Waals surface area contributed by atoms with E-state index in [9.17, 15) is 4.79 Å². The van der Waals surface area contributed by atoms with Gasteiger partial charge in [-0.3, -0.25) is 0 Å². The van der Waals surface area contributed by atoms with Crippen molar-refractivity contribution in [3.8, 4) is 0 Å². The Morgan fingerprint density at radius 3 is 2.35 bits per heavy atom. The van der Waals surface area contributed by atoms with Crippen LogP contribution in [0, 0.1) is 0 Å². The SMILES string of the molecule is CN(Cc1ccc(Cl)cc1)C(=O)NCCN(C)c1ccccc1. The molecule has 2 aromatic carbocycles. The zero-order valence-corrected chi connectivity index (χ0v) is 14.3. The molecule has 23 heavy (non-hydrogen) atoms. The van der Waals surface area contributed by atoms with Crippen molar-refractivity contribution in [3.05, 3.63) is 65.2 Å². The second kappa shape index (κ2) is 8.44. The number of likely N-dealkylation sites (N-methyl/N-ethyl adjacent to an activating group) is 1. The van der Waals surface area contributed by atoms with Crippen LogP contribution in [0.3, 0.4) is 0 Å². The summed E-state index contributed by atoms with van der Waals surface area (Å²) in [6, 6.07) is 17.5. The summed E-state index contributed by atoms with van der Waals surface area (Å²) in [4.78, 5) is 15.9. The molecular formula is C18H22ClN3O. The molecule has 0 radical (unpaired) electrons. The van der Waals surface area contributed by atoms with Crippen LogP contribution in [0.15, 0.2) is 54.6 Å². The molecule has 0 aliphatic carbocycles. The molecule has 0 saturated carbocycles. The van der Waals surface area contributed by atoms with Crippen LogP contribution in [0.4, 0.5) is 10.5 Å². The van der Waals surface area contributed by atoms with E-state index < -0.39 is 0 Å². The number of benzene rings is 2. The molecule has 2 amide bonds. The minimum absolute atomic E-state index is 0.0820. The Bertz CT molecular complexity index is 616. The molecule has 0 atom stereocenters. The zero-order valence-electron chi connectivity index (χ0n) is 13.5.